The lowest BCUT2D eigenvalue weighted by molar-refractivity contribution is -0.148. The third kappa shape index (κ3) is 11.4. The van der Waals surface area contributed by atoms with E-state index >= 15 is 0 Å². The molecule has 206 valence electrons. The van der Waals surface area contributed by atoms with Gasteiger partial charge in [0, 0.05) is 12.8 Å². The van der Waals surface area contributed by atoms with Gasteiger partial charge >= 0.3 is 17.9 Å². The minimum absolute atomic E-state index is 0.0113. The van der Waals surface area contributed by atoms with Crippen molar-refractivity contribution in [2.24, 2.45) is 5.73 Å². The zero-order valence-electron chi connectivity index (χ0n) is 20.9. The first kappa shape index (κ1) is 32.7. The van der Waals surface area contributed by atoms with Gasteiger partial charge in [0.05, 0.1) is 39.6 Å². The zero-order valence-corrected chi connectivity index (χ0v) is 20.9. The average molecular weight is 521 g/mol. The van der Waals surface area contributed by atoms with Crippen LogP contribution in [0.4, 0.5) is 0 Å². The number of carbonyl (C=O) groups excluding carboxylic acids is 6. The Kier molecular flexibility index (Phi) is 14.9. The molecule has 15 nitrogen and oxygen atoms in total. The summed E-state index contributed by atoms with van der Waals surface area (Å²) in [5.74, 6) is -3.20. The molecule has 1 saturated heterocycles. The average Bonchev–Trinajstić information content (AvgIpc) is 2.84. The van der Waals surface area contributed by atoms with E-state index in [1.807, 2.05) is 0 Å². The fourth-order valence-corrected chi connectivity index (χ4v) is 2.82. The van der Waals surface area contributed by atoms with Crippen LogP contribution in [-0.2, 0) is 43.0 Å². The van der Waals surface area contributed by atoms with Crippen molar-refractivity contribution in [2.75, 3.05) is 21.3 Å². The molecule has 0 aromatic carbocycles. The van der Waals surface area contributed by atoms with Gasteiger partial charge in [0.25, 0.3) is 0 Å². The molecule has 0 aromatic heterocycles. The highest BCUT2D eigenvalue weighted by molar-refractivity contribution is 5.97. The van der Waals surface area contributed by atoms with Gasteiger partial charge in [0.2, 0.25) is 17.7 Å². The summed E-state index contributed by atoms with van der Waals surface area (Å²) in [6, 6.07) is -3.86. The highest BCUT2D eigenvalue weighted by atomic mass is 16.5. The normalized spacial score (nSPS) is 20.1. The predicted octanol–water partition coefficient (Wildman–Crippen LogP) is -3.39. The first-order valence-corrected chi connectivity index (χ1v) is 11.0. The Labute approximate surface area is 208 Å². The number of carbonyl (C=O) groups is 6. The van der Waals surface area contributed by atoms with Gasteiger partial charge in [0.1, 0.15) is 12.1 Å². The molecule has 36 heavy (non-hydrogen) atoms. The van der Waals surface area contributed by atoms with Crippen LogP contribution < -0.4 is 21.7 Å². The molecule has 6 unspecified atom stereocenters. The van der Waals surface area contributed by atoms with Crippen LogP contribution >= 0.6 is 0 Å². The number of rotatable bonds is 11. The van der Waals surface area contributed by atoms with E-state index in [4.69, 9.17) is 5.73 Å². The van der Waals surface area contributed by atoms with E-state index in [9.17, 15) is 39.0 Å². The molecule has 1 fully saturated rings. The van der Waals surface area contributed by atoms with Gasteiger partial charge in [-0.25, -0.2) is 4.79 Å². The Balaban J connectivity index is 0.000000684. The third-order valence-corrected chi connectivity index (χ3v) is 5.02. The van der Waals surface area contributed by atoms with Crippen molar-refractivity contribution < 1.29 is 53.2 Å². The number of ether oxygens (including phenoxy) is 3. The smallest absolute Gasteiger partial charge is 0.331 e. The molecule has 7 N–H and O–H groups in total. The number of esters is 3. The highest BCUT2D eigenvalue weighted by Gasteiger charge is 2.36. The van der Waals surface area contributed by atoms with E-state index in [0.29, 0.717) is 0 Å². The molecule has 15 heteroatoms. The van der Waals surface area contributed by atoms with Gasteiger partial charge in [-0.2, -0.15) is 0 Å². The summed E-state index contributed by atoms with van der Waals surface area (Å²) in [7, 11) is 3.63. The van der Waals surface area contributed by atoms with Crippen molar-refractivity contribution in [3.05, 3.63) is 0 Å². The number of hydrogen-bond donors (Lipinski definition) is 6. The maximum atomic E-state index is 11.7. The van der Waals surface area contributed by atoms with Crippen LogP contribution in [0.25, 0.3) is 0 Å². The number of aliphatic hydroxyl groups is 2. The largest absolute Gasteiger partial charge is 0.469 e. The lowest BCUT2D eigenvalue weighted by Gasteiger charge is -2.30. The van der Waals surface area contributed by atoms with Gasteiger partial charge in [0.15, 0.2) is 6.04 Å². The lowest BCUT2D eigenvalue weighted by Crippen LogP contribution is -2.64. The fraction of sp³-hybridized carbons (Fsp3) is 0.714. The Morgan fingerprint density at radius 3 is 1.97 bits per heavy atom. The zero-order chi connectivity index (χ0) is 28.0. The first-order chi connectivity index (χ1) is 16.8. The van der Waals surface area contributed by atoms with Crippen molar-refractivity contribution >= 4 is 35.6 Å². The number of methoxy groups -OCH3 is 3. The Morgan fingerprint density at radius 1 is 0.944 bits per heavy atom. The Morgan fingerprint density at radius 2 is 1.50 bits per heavy atom. The van der Waals surface area contributed by atoms with Crippen LogP contribution in [0.15, 0.2) is 0 Å². The van der Waals surface area contributed by atoms with E-state index in [2.05, 4.69) is 30.2 Å². The molecule has 3 amide bonds. The second-order valence-corrected chi connectivity index (χ2v) is 7.87. The number of nitrogens with one attached hydrogen (secondary N) is 3. The summed E-state index contributed by atoms with van der Waals surface area (Å²) in [6.07, 6.45) is -1.79. The fourth-order valence-electron chi connectivity index (χ4n) is 2.82. The molecule has 0 aromatic rings. The molecule has 1 aliphatic heterocycles. The number of hydrogen-bond acceptors (Lipinski definition) is 12. The molecule has 0 bridgehead atoms. The molecule has 1 heterocycles. The minimum Gasteiger partial charge on any atom is -0.469 e. The standard InChI is InChI=1S/C11H20N2O6.C10H16N2O5/c1-6(14)9(11(17)19-3)13-10(16)7(12)4-5-8(15)18-2;1-5(13)8-10(16)11-6(9(15)12-8)3-4-7(14)17-2/h6-7,9,14H,4-5,12H2,1-3H3,(H,13,16);5-6,8,13H,3-4H2,1-2H3,(H,11,16)(H,12,15). The number of piperazine rings is 1. The number of nitrogens with two attached hydrogens (primary N) is 1. The quantitative estimate of drug-likeness (QED) is 0.116. The molecular weight excluding hydrogens is 484 g/mol. The molecule has 6 atom stereocenters. The maximum Gasteiger partial charge on any atom is 0.331 e. The Bertz CT molecular complexity index is 788. The van der Waals surface area contributed by atoms with E-state index in [-0.39, 0.29) is 25.7 Å². The van der Waals surface area contributed by atoms with Crippen molar-refractivity contribution in [2.45, 2.75) is 75.9 Å². The minimum atomic E-state index is -1.19. The van der Waals surface area contributed by atoms with Crippen LogP contribution in [0.1, 0.15) is 39.5 Å². The van der Waals surface area contributed by atoms with E-state index in [0.717, 1.165) is 7.11 Å². The molecule has 0 aliphatic carbocycles. The Hall–Kier alpha value is -3.30. The molecule has 0 spiro atoms. The summed E-state index contributed by atoms with van der Waals surface area (Å²) < 4.78 is 13.3. The number of amides is 3. The van der Waals surface area contributed by atoms with Gasteiger partial charge in [-0.1, -0.05) is 0 Å². The van der Waals surface area contributed by atoms with E-state index in [1.165, 1.54) is 28.1 Å². The lowest BCUT2D eigenvalue weighted by atomic mass is 10.0. The summed E-state index contributed by atoms with van der Waals surface area (Å²) in [6.45, 7) is 2.75. The predicted molar refractivity (Wildman–Crippen MR) is 122 cm³/mol. The summed E-state index contributed by atoms with van der Waals surface area (Å²) in [5, 5.41) is 25.8. The number of aliphatic hydroxyl groups excluding tert-OH is 2. The molecule has 1 aliphatic rings. The van der Waals surface area contributed by atoms with Gasteiger partial charge < -0.3 is 46.1 Å². The van der Waals surface area contributed by atoms with Crippen molar-refractivity contribution in [3.8, 4) is 0 Å². The maximum absolute atomic E-state index is 11.7. The van der Waals surface area contributed by atoms with E-state index < -0.39 is 72.0 Å². The van der Waals surface area contributed by atoms with Crippen LogP contribution in [0, 0.1) is 0 Å². The molecule has 1 rings (SSSR count). The van der Waals surface area contributed by atoms with Crippen LogP contribution in [0.2, 0.25) is 0 Å². The highest BCUT2D eigenvalue weighted by Crippen LogP contribution is 2.07. The molecular formula is C21H36N4O11. The van der Waals surface area contributed by atoms with Crippen LogP contribution in [0.5, 0.6) is 0 Å². The van der Waals surface area contributed by atoms with Crippen molar-refractivity contribution in [1.82, 2.24) is 16.0 Å². The van der Waals surface area contributed by atoms with Crippen LogP contribution in [-0.4, -0.2) is 104 Å². The molecule has 0 radical (unpaired) electrons. The van der Waals surface area contributed by atoms with Crippen molar-refractivity contribution in [1.29, 1.82) is 0 Å². The van der Waals surface area contributed by atoms with Crippen molar-refractivity contribution in [3.63, 3.8) is 0 Å². The van der Waals surface area contributed by atoms with E-state index in [1.54, 1.807) is 0 Å². The second-order valence-electron chi connectivity index (χ2n) is 7.87. The van der Waals surface area contributed by atoms with Gasteiger partial charge in [-0.3, -0.25) is 24.0 Å². The molecule has 0 saturated carbocycles. The summed E-state index contributed by atoms with van der Waals surface area (Å²) in [5.41, 5.74) is 5.56. The van der Waals surface area contributed by atoms with Gasteiger partial charge in [-0.15, -0.1) is 0 Å². The second kappa shape index (κ2) is 16.4. The SMILES string of the molecule is COC(=O)CCC(N)C(=O)NC(C(=O)OC)C(C)O.COC(=O)CCC1NC(=O)C(C(C)O)NC1=O. The summed E-state index contributed by atoms with van der Waals surface area (Å²) in [4.78, 5) is 67.9. The topological polar surface area (TPSA) is 233 Å². The van der Waals surface area contributed by atoms with Gasteiger partial charge in [-0.05, 0) is 26.7 Å². The first-order valence-electron chi connectivity index (χ1n) is 11.0. The monoisotopic (exact) mass is 520 g/mol. The third-order valence-electron chi connectivity index (χ3n) is 5.02. The summed E-state index contributed by atoms with van der Waals surface area (Å²) >= 11 is 0. The van der Waals surface area contributed by atoms with Crippen LogP contribution in [0.3, 0.4) is 0 Å².